The molecule has 1 atom stereocenters. The number of ketones is 1. The number of likely N-dealkylation sites (N-methyl/N-ethyl adjacent to an activating group) is 1. The van der Waals surface area contributed by atoms with Crippen molar-refractivity contribution in [2.24, 2.45) is 0 Å². The first-order valence-corrected chi connectivity index (χ1v) is 10.3. The number of carbonyl (C=O) groups excluding carboxylic acids is 2. The van der Waals surface area contributed by atoms with Gasteiger partial charge in [0.2, 0.25) is 0 Å². The molecule has 0 spiro atoms. The molecule has 3 rings (SSSR count). The van der Waals surface area contributed by atoms with Gasteiger partial charge in [-0.1, -0.05) is 26.0 Å². The average Bonchev–Trinajstić information content (AvgIpc) is 3.04. The summed E-state index contributed by atoms with van der Waals surface area (Å²) in [6, 6.07) is 9.55. The van der Waals surface area contributed by atoms with Crippen LogP contribution in [0, 0.1) is 15.9 Å². The molecule has 1 aliphatic heterocycles. The number of halogens is 1. The standard InChI is InChI=1S/C23H24FN3O5/c1-3-25(4-2)13-14-26-20(15-5-9-17(24)10-6-15)19(22(29)23(26)30)21(28)16-7-11-18(12-8-16)27(31)32/h5-12,20,28H,3-4,13-14H2,1-2H3/b21-19+/t20-/m0/s1. The number of benzene rings is 2. The van der Waals surface area contributed by atoms with Gasteiger partial charge in [0.15, 0.2) is 0 Å². The van der Waals surface area contributed by atoms with E-state index in [-0.39, 0.29) is 23.4 Å². The van der Waals surface area contributed by atoms with Crippen LogP contribution in [0.5, 0.6) is 0 Å². The van der Waals surface area contributed by atoms with Crippen molar-refractivity contribution in [2.45, 2.75) is 19.9 Å². The Hall–Kier alpha value is -3.59. The summed E-state index contributed by atoms with van der Waals surface area (Å²) in [5.41, 5.74) is 0.351. The summed E-state index contributed by atoms with van der Waals surface area (Å²) in [6.45, 7) is 6.28. The maximum absolute atomic E-state index is 13.5. The number of hydrogen-bond acceptors (Lipinski definition) is 6. The van der Waals surface area contributed by atoms with Gasteiger partial charge in [-0.05, 0) is 42.9 Å². The normalized spacial score (nSPS) is 17.9. The molecule has 168 valence electrons. The van der Waals surface area contributed by atoms with Crippen LogP contribution in [0.1, 0.15) is 31.0 Å². The fourth-order valence-corrected chi connectivity index (χ4v) is 3.79. The van der Waals surface area contributed by atoms with Crippen molar-refractivity contribution in [2.75, 3.05) is 26.2 Å². The van der Waals surface area contributed by atoms with Crippen molar-refractivity contribution in [1.82, 2.24) is 9.80 Å². The van der Waals surface area contributed by atoms with Crippen LogP contribution in [0.25, 0.3) is 5.76 Å². The molecule has 0 radical (unpaired) electrons. The van der Waals surface area contributed by atoms with Gasteiger partial charge in [-0.15, -0.1) is 0 Å². The summed E-state index contributed by atoms with van der Waals surface area (Å²) in [5.74, 6) is -2.51. The van der Waals surface area contributed by atoms with Crippen molar-refractivity contribution >= 4 is 23.1 Å². The van der Waals surface area contributed by atoms with E-state index in [4.69, 9.17) is 0 Å². The average molecular weight is 441 g/mol. The number of nitro benzene ring substituents is 1. The Kier molecular flexibility index (Phi) is 6.99. The van der Waals surface area contributed by atoms with Crippen LogP contribution in [0.4, 0.5) is 10.1 Å². The molecule has 1 fully saturated rings. The second-order valence-electron chi connectivity index (χ2n) is 7.37. The molecule has 1 N–H and O–H groups in total. The highest BCUT2D eigenvalue weighted by atomic mass is 19.1. The van der Waals surface area contributed by atoms with Crippen LogP contribution in [-0.2, 0) is 9.59 Å². The van der Waals surface area contributed by atoms with Gasteiger partial charge < -0.3 is 14.9 Å². The van der Waals surface area contributed by atoms with Crippen molar-refractivity contribution in [3.63, 3.8) is 0 Å². The molecule has 2 aromatic carbocycles. The molecule has 1 amide bonds. The van der Waals surface area contributed by atoms with Crippen LogP contribution >= 0.6 is 0 Å². The molecule has 1 aliphatic rings. The Morgan fingerprint density at radius 2 is 1.69 bits per heavy atom. The summed E-state index contributed by atoms with van der Waals surface area (Å²) in [5, 5.41) is 21.8. The number of aliphatic hydroxyl groups excluding tert-OH is 1. The Labute approximate surface area is 184 Å². The zero-order valence-electron chi connectivity index (χ0n) is 17.8. The van der Waals surface area contributed by atoms with Gasteiger partial charge in [-0.3, -0.25) is 19.7 Å². The Morgan fingerprint density at radius 1 is 1.09 bits per heavy atom. The summed E-state index contributed by atoms with van der Waals surface area (Å²) in [6.07, 6.45) is 0. The number of likely N-dealkylation sites (tertiary alicyclic amines) is 1. The molecule has 0 aromatic heterocycles. The maximum atomic E-state index is 13.5. The third kappa shape index (κ3) is 4.52. The fraction of sp³-hybridized carbons (Fsp3) is 0.304. The lowest BCUT2D eigenvalue weighted by atomic mass is 9.95. The van der Waals surface area contributed by atoms with Gasteiger partial charge in [0.25, 0.3) is 17.4 Å². The lowest BCUT2D eigenvalue weighted by Gasteiger charge is -2.28. The van der Waals surface area contributed by atoms with Crippen LogP contribution in [0.2, 0.25) is 0 Å². The van der Waals surface area contributed by atoms with Gasteiger partial charge in [0.1, 0.15) is 11.6 Å². The van der Waals surface area contributed by atoms with E-state index in [9.17, 15) is 29.2 Å². The largest absolute Gasteiger partial charge is 0.507 e. The van der Waals surface area contributed by atoms with Crippen molar-refractivity contribution in [3.8, 4) is 0 Å². The molecular formula is C23H24FN3O5. The summed E-state index contributed by atoms with van der Waals surface area (Å²) in [7, 11) is 0. The predicted molar refractivity (Wildman–Crippen MR) is 116 cm³/mol. The van der Waals surface area contributed by atoms with Crippen LogP contribution in [0.3, 0.4) is 0 Å². The van der Waals surface area contributed by atoms with Gasteiger partial charge in [-0.2, -0.15) is 0 Å². The van der Waals surface area contributed by atoms with Gasteiger partial charge in [0.05, 0.1) is 16.5 Å². The van der Waals surface area contributed by atoms with Crippen molar-refractivity contribution in [1.29, 1.82) is 0 Å². The zero-order valence-corrected chi connectivity index (χ0v) is 17.8. The molecule has 0 unspecified atom stereocenters. The topological polar surface area (TPSA) is 104 Å². The van der Waals surface area contributed by atoms with Gasteiger partial charge >= 0.3 is 0 Å². The lowest BCUT2D eigenvalue weighted by Crippen LogP contribution is -2.38. The number of nitrogens with zero attached hydrogens (tertiary/aromatic N) is 3. The summed E-state index contributed by atoms with van der Waals surface area (Å²) < 4.78 is 13.5. The SMILES string of the molecule is CCN(CC)CCN1C(=O)C(=O)/C(=C(/O)c2ccc([N+](=O)[O-])cc2)[C@@H]1c1ccc(F)cc1. The number of carbonyl (C=O) groups is 2. The molecule has 1 saturated heterocycles. The number of non-ortho nitro benzene ring substituents is 1. The van der Waals surface area contributed by atoms with E-state index in [1.54, 1.807) is 0 Å². The van der Waals surface area contributed by atoms with Crippen molar-refractivity contribution in [3.05, 3.63) is 81.2 Å². The number of rotatable bonds is 8. The molecule has 0 saturated carbocycles. The number of amides is 1. The monoisotopic (exact) mass is 441 g/mol. The van der Waals surface area contributed by atoms with E-state index < -0.39 is 34.2 Å². The highest BCUT2D eigenvalue weighted by Crippen LogP contribution is 2.39. The first-order chi connectivity index (χ1) is 15.3. The first-order valence-electron chi connectivity index (χ1n) is 10.3. The van der Waals surface area contributed by atoms with E-state index in [0.29, 0.717) is 12.1 Å². The van der Waals surface area contributed by atoms with E-state index in [2.05, 4.69) is 4.90 Å². The molecule has 32 heavy (non-hydrogen) atoms. The molecule has 0 aliphatic carbocycles. The highest BCUT2D eigenvalue weighted by molar-refractivity contribution is 6.46. The summed E-state index contributed by atoms with van der Waals surface area (Å²) >= 11 is 0. The number of Topliss-reactive ketones (excluding diaryl/α,β-unsaturated/α-hetero) is 1. The minimum atomic E-state index is -0.902. The zero-order chi connectivity index (χ0) is 23.4. The van der Waals surface area contributed by atoms with E-state index >= 15 is 0 Å². The quantitative estimate of drug-likeness (QED) is 0.221. The maximum Gasteiger partial charge on any atom is 0.295 e. The van der Waals surface area contributed by atoms with Crippen molar-refractivity contribution < 1.29 is 24.0 Å². The molecule has 9 heteroatoms. The smallest absolute Gasteiger partial charge is 0.295 e. The number of nitro groups is 1. The van der Waals surface area contributed by atoms with Crippen LogP contribution in [0.15, 0.2) is 54.1 Å². The van der Waals surface area contributed by atoms with Gasteiger partial charge in [0, 0.05) is 30.8 Å². The summed E-state index contributed by atoms with van der Waals surface area (Å²) in [4.78, 5) is 39.6. The van der Waals surface area contributed by atoms with E-state index in [0.717, 1.165) is 13.1 Å². The molecule has 1 heterocycles. The number of hydrogen-bond donors (Lipinski definition) is 1. The molecule has 0 bridgehead atoms. The Morgan fingerprint density at radius 3 is 2.22 bits per heavy atom. The minimum absolute atomic E-state index is 0.130. The van der Waals surface area contributed by atoms with Gasteiger partial charge in [-0.25, -0.2) is 4.39 Å². The molecular weight excluding hydrogens is 417 g/mol. The second-order valence-corrected chi connectivity index (χ2v) is 7.37. The highest BCUT2D eigenvalue weighted by Gasteiger charge is 2.46. The van der Waals surface area contributed by atoms with E-state index in [1.165, 1.54) is 53.4 Å². The molecule has 8 nitrogen and oxygen atoms in total. The van der Waals surface area contributed by atoms with E-state index in [1.807, 2.05) is 13.8 Å². The van der Waals surface area contributed by atoms with Crippen LogP contribution in [-0.4, -0.2) is 57.7 Å². The minimum Gasteiger partial charge on any atom is -0.507 e. The number of aliphatic hydroxyl groups is 1. The first kappa shape index (κ1) is 23.1. The fourth-order valence-electron chi connectivity index (χ4n) is 3.79. The Bertz CT molecular complexity index is 1050. The molecule has 2 aromatic rings. The predicted octanol–water partition coefficient (Wildman–Crippen LogP) is 3.50. The third-order valence-corrected chi connectivity index (χ3v) is 5.63. The Balaban J connectivity index is 2.08. The second kappa shape index (κ2) is 9.69. The lowest BCUT2D eigenvalue weighted by molar-refractivity contribution is -0.384. The van der Waals surface area contributed by atoms with Crippen LogP contribution < -0.4 is 0 Å². The third-order valence-electron chi connectivity index (χ3n) is 5.63.